The lowest BCUT2D eigenvalue weighted by Crippen LogP contribution is -2.56. The maximum Gasteiger partial charge on any atom is 0.287 e. The van der Waals surface area contributed by atoms with Gasteiger partial charge in [0.1, 0.15) is 6.04 Å². The van der Waals surface area contributed by atoms with Crippen LogP contribution in [0.5, 0.6) is 0 Å². The first kappa shape index (κ1) is 21.7. The van der Waals surface area contributed by atoms with Gasteiger partial charge in [-0.1, -0.05) is 32.1 Å². The number of likely N-dealkylation sites (tertiary alicyclic amines) is 1. The van der Waals surface area contributed by atoms with E-state index in [-0.39, 0.29) is 17.9 Å². The van der Waals surface area contributed by atoms with Crippen LogP contribution in [-0.2, 0) is 19.2 Å². The fourth-order valence-electron chi connectivity index (χ4n) is 4.87. The zero-order valence-corrected chi connectivity index (χ0v) is 17.3. The second-order valence-corrected chi connectivity index (χ2v) is 8.82. The summed E-state index contributed by atoms with van der Waals surface area (Å²) in [7, 11) is 1.81. The molecule has 1 heterocycles. The lowest BCUT2D eigenvalue weighted by molar-refractivity contribution is -0.143. The SMILES string of the molecule is CNC(C(=O)N1CCCC1C(=O)NC(CC1CC1)C(=O)C(N)=O)C1CCCCC1. The third-order valence-corrected chi connectivity index (χ3v) is 6.68. The highest BCUT2D eigenvalue weighted by Gasteiger charge is 2.41. The summed E-state index contributed by atoms with van der Waals surface area (Å²) in [5.74, 6) is -1.51. The number of nitrogens with two attached hydrogens (primary N) is 1. The summed E-state index contributed by atoms with van der Waals surface area (Å²) in [6.07, 6.45) is 9.30. The summed E-state index contributed by atoms with van der Waals surface area (Å²) < 4.78 is 0. The highest BCUT2D eigenvalue weighted by molar-refractivity contribution is 6.37. The predicted molar refractivity (Wildman–Crippen MR) is 108 cm³/mol. The minimum atomic E-state index is -1.03. The molecule has 0 radical (unpaired) electrons. The lowest BCUT2D eigenvalue weighted by Gasteiger charge is -2.34. The van der Waals surface area contributed by atoms with E-state index >= 15 is 0 Å². The average molecular weight is 407 g/mol. The van der Waals surface area contributed by atoms with Crippen LogP contribution in [0, 0.1) is 11.8 Å². The zero-order valence-electron chi connectivity index (χ0n) is 17.3. The number of carbonyl (C=O) groups excluding carboxylic acids is 4. The Morgan fingerprint density at radius 2 is 1.69 bits per heavy atom. The molecule has 1 aliphatic heterocycles. The Kier molecular flexibility index (Phi) is 7.27. The second-order valence-electron chi connectivity index (χ2n) is 8.82. The van der Waals surface area contributed by atoms with Crippen LogP contribution in [0.3, 0.4) is 0 Å². The van der Waals surface area contributed by atoms with Crippen molar-refractivity contribution in [1.29, 1.82) is 0 Å². The Morgan fingerprint density at radius 1 is 1.00 bits per heavy atom. The minimum absolute atomic E-state index is 0.0305. The third kappa shape index (κ3) is 5.35. The van der Waals surface area contributed by atoms with Crippen LogP contribution < -0.4 is 16.4 Å². The van der Waals surface area contributed by atoms with Crippen LogP contribution in [-0.4, -0.2) is 60.1 Å². The molecule has 8 nitrogen and oxygen atoms in total. The molecule has 0 aromatic heterocycles. The molecule has 0 aromatic rings. The zero-order chi connectivity index (χ0) is 21.0. The number of ketones is 1. The summed E-state index contributed by atoms with van der Waals surface area (Å²) in [4.78, 5) is 51.4. The summed E-state index contributed by atoms with van der Waals surface area (Å²) in [6.45, 7) is 0.541. The number of Topliss-reactive ketones (excluding diaryl/α,β-unsaturated/α-hetero) is 1. The molecular weight excluding hydrogens is 372 g/mol. The Labute approximate surface area is 172 Å². The van der Waals surface area contributed by atoms with Crippen molar-refractivity contribution in [2.75, 3.05) is 13.6 Å². The maximum atomic E-state index is 13.2. The van der Waals surface area contributed by atoms with Gasteiger partial charge in [-0.25, -0.2) is 0 Å². The highest BCUT2D eigenvalue weighted by atomic mass is 16.2. The number of carbonyl (C=O) groups is 4. The largest absolute Gasteiger partial charge is 0.363 e. The Bertz CT molecular complexity index is 643. The van der Waals surface area contributed by atoms with Crippen LogP contribution >= 0.6 is 0 Å². The van der Waals surface area contributed by atoms with E-state index in [2.05, 4.69) is 10.6 Å². The molecule has 3 amide bonds. The van der Waals surface area contributed by atoms with E-state index in [9.17, 15) is 19.2 Å². The van der Waals surface area contributed by atoms with Crippen LogP contribution in [0.2, 0.25) is 0 Å². The molecule has 3 atom stereocenters. The minimum Gasteiger partial charge on any atom is -0.363 e. The van der Waals surface area contributed by atoms with Gasteiger partial charge in [-0.05, 0) is 51.0 Å². The Hall–Kier alpha value is -1.96. The van der Waals surface area contributed by atoms with Crippen molar-refractivity contribution in [1.82, 2.24) is 15.5 Å². The van der Waals surface area contributed by atoms with Crippen molar-refractivity contribution in [2.45, 2.75) is 82.3 Å². The van der Waals surface area contributed by atoms with Gasteiger partial charge in [0.25, 0.3) is 5.91 Å². The van der Waals surface area contributed by atoms with Crippen molar-refractivity contribution in [2.24, 2.45) is 17.6 Å². The summed E-state index contributed by atoms with van der Waals surface area (Å²) in [6, 6.07) is -1.76. The predicted octanol–water partition coefficient (Wildman–Crippen LogP) is 0.485. The van der Waals surface area contributed by atoms with Gasteiger partial charge in [-0.2, -0.15) is 0 Å². The molecule has 2 aliphatic carbocycles. The van der Waals surface area contributed by atoms with Crippen molar-refractivity contribution in [3.05, 3.63) is 0 Å². The fourth-order valence-corrected chi connectivity index (χ4v) is 4.87. The Morgan fingerprint density at radius 3 is 2.28 bits per heavy atom. The highest BCUT2D eigenvalue weighted by Crippen LogP contribution is 2.34. The van der Waals surface area contributed by atoms with E-state index in [1.54, 1.807) is 11.9 Å². The van der Waals surface area contributed by atoms with E-state index in [0.717, 1.165) is 44.9 Å². The number of likely N-dealkylation sites (N-methyl/N-ethyl adjacent to an activating group) is 1. The molecule has 1 saturated heterocycles. The van der Waals surface area contributed by atoms with E-state index in [1.807, 2.05) is 0 Å². The molecule has 4 N–H and O–H groups in total. The van der Waals surface area contributed by atoms with Crippen LogP contribution in [0.15, 0.2) is 0 Å². The van der Waals surface area contributed by atoms with Gasteiger partial charge in [0.2, 0.25) is 17.6 Å². The first-order chi connectivity index (χ1) is 13.9. The number of rotatable bonds is 9. The summed E-state index contributed by atoms with van der Waals surface area (Å²) in [5.41, 5.74) is 5.17. The number of nitrogens with one attached hydrogen (secondary N) is 2. The molecule has 29 heavy (non-hydrogen) atoms. The van der Waals surface area contributed by atoms with Gasteiger partial charge in [-0.15, -0.1) is 0 Å². The Balaban J connectivity index is 1.66. The van der Waals surface area contributed by atoms with E-state index in [0.29, 0.717) is 31.2 Å². The normalized spacial score (nSPS) is 24.7. The molecule has 162 valence electrons. The molecule has 3 unspecified atom stereocenters. The molecule has 0 aromatic carbocycles. The smallest absolute Gasteiger partial charge is 0.287 e. The van der Waals surface area contributed by atoms with Crippen molar-refractivity contribution >= 4 is 23.5 Å². The van der Waals surface area contributed by atoms with Gasteiger partial charge in [-0.3, -0.25) is 19.2 Å². The molecule has 3 rings (SSSR count). The van der Waals surface area contributed by atoms with E-state index < -0.39 is 23.8 Å². The third-order valence-electron chi connectivity index (χ3n) is 6.68. The fraction of sp³-hybridized carbons (Fsp3) is 0.810. The summed E-state index contributed by atoms with van der Waals surface area (Å²) in [5, 5.41) is 5.91. The first-order valence-corrected chi connectivity index (χ1v) is 11.0. The van der Waals surface area contributed by atoms with Crippen molar-refractivity contribution < 1.29 is 19.2 Å². The maximum absolute atomic E-state index is 13.2. The lowest BCUT2D eigenvalue weighted by atomic mass is 9.83. The number of nitrogens with zero attached hydrogens (tertiary/aromatic N) is 1. The quantitative estimate of drug-likeness (QED) is 0.481. The average Bonchev–Trinajstić information content (AvgIpc) is 3.39. The van der Waals surface area contributed by atoms with Crippen LogP contribution in [0.1, 0.15) is 64.2 Å². The number of primary amides is 1. The van der Waals surface area contributed by atoms with Crippen LogP contribution in [0.25, 0.3) is 0 Å². The topological polar surface area (TPSA) is 122 Å². The van der Waals surface area contributed by atoms with Gasteiger partial charge >= 0.3 is 0 Å². The monoisotopic (exact) mass is 406 g/mol. The van der Waals surface area contributed by atoms with E-state index in [4.69, 9.17) is 5.73 Å². The molecule has 3 fully saturated rings. The molecule has 0 bridgehead atoms. The second kappa shape index (κ2) is 9.69. The molecule has 3 aliphatic rings. The van der Waals surface area contributed by atoms with Gasteiger partial charge in [0, 0.05) is 6.54 Å². The molecular formula is C21H34N4O4. The number of hydrogen-bond acceptors (Lipinski definition) is 5. The van der Waals surface area contributed by atoms with Crippen molar-refractivity contribution in [3.8, 4) is 0 Å². The number of hydrogen-bond donors (Lipinski definition) is 3. The van der Waals surface area contributed by atoms with E-state index in [1.165, 1.54) is 6.42 Å². The number of amides is 3. The molecule has 8 heteroatoms. The van der Waals surface area contributed by atoms with Crippen LogP contribution in [0.4, 0.5) is 0 Å². The van der Waals surface area contributed by atoms with Crippen molar-refractivity contribution in [3.63, 3.8) is 0 Å². The van der Waals surface area contributed by atoms with Gasteiger partial charge in [0.05, 0.1) is 12.1 Å². The molecule has 0 spiro atoms. The first-order valence-electron chi connectivity index (χ1n) is 11.0. The summed E-state index contributed by atoms with van der Waals surface area (Å²) >= 11 is 0. The van der Waals surface area contributed by atoms with Gasteiger partial charge in [0.15, 0.2) is 0 Å². The standard InChI is InChI=1S/C21H34N4O4/c1-23-17(14-6-3-2-4-7-14)21(29)25-11-5-8-16(25)20(28)24-15(12-13-9-10-13)18(26)19(22)27/h13-17,23H,2-12H2,1H3,(H2,22,27)(H,24,28). The molecule has 2 saturated carbocycles. The van der Waals surface area contributed by atoms with Gasteiger partial charge < -0.3 is 21.3 Å².